The molecule has 3 heteroatoms. The SMILES string of the molecule is c1ccc(-c2ccc3cc(N(c4ccc5oc6ccc7ccccc7c6c5c4)c4ccc5c6ccccc6n(-c6ccccc6)c5c4)ccc3c2)cc1. The maximum absolute atomic E-state index is 6.45. The van der Waals surface area contributed by atoms with E-state index in [-0.39, 0.29) is 0 Å². The molecule has 0 aliphatic rings. The lowest BCUT2D eigenvalue weighted by molar-refractivity contribution is 0.669. The smallest absolute Gasteiger partial charge is 0.136 e. The van der Waals surface area contributed by atoms with Crippen LogP contribution in [0.25, 0.3) is 82.1 Å². The number of anilines is 3. The van der Waals surface area contributed by atoms with Gasteiger partial charge in [0.1, 0.15) is 11.2 Å². The van der Waals surface area contributed by atoms with Crippen LogP contribution in [-0.2, 0) is 0 Å². The molecular weight excluding hydrogens is 645 g/mol. The maximum atomic E-state index is 6.45. The third-order valence-corrected chi connectivity index (χ3v) is 10.7. The van der Waals surface area contributed by atoms with Crippen molar-refractivity contribution in [2.24, 2.45) is 0 Å². The molecule has 3 nitrogen and oxygen atoms in total. The van der Waals surface area contributed by atoms with E-state index in [0.29, 0.717) is 0 Å². The Morgan fingerprint density at radius 3 is 1.87 bits per heavy atom. The van der Waals surface area contributed by atoms with Crippen LogP contribution in [0.3, 0.4) is 0 Å². The molecule has 9 aromatic carbocycles. The van der Waals surface area contributed by atoms with Gasteiger partial charge in [-0.1, -0.05) is 121 Å². The van der Waals surface area contributed by atoms with Crippen molar-refractivity contribution in [3.63, 3.8) is 0 Å². The van der Waals surface area contributed by atoms with E-state index in [4.69, 9.17) is 4.42 Å². The first-order valence-electron chi connectivity index (χ1n) is 18.1. The van der Waals surface area contributed by atoms with Gasteiger partial charge in [-0.05, 0) is 105 Å². The van der Waals surface area contributed by atoms with Gasteiger partial charge in [0.2, 0.25) is 0 Å². The van der Waals surface area contributed by atoms with E-state index in [0.717, 1.165) is 50.2 Å². The van der Waals surface area contributed by atoms with E-state index in [1.807, 2.05) is 0 Å². The standard InChI is InChI=1S/C50H32N2O/c1-3-11-33(12-4-1)35-19-20-37-30-39(23-21-36(37)29-35)51(40-25-28-48-45(31-40)50-42-16-8-7-13-34(42)22-27-49(50)53-48)41-24-26-44-43-17-9-10-18-46(43)52(47(44)32-41)38-14-5-2-6-15-38/h1-32H. The second-order valence-electron chi connectivity index (χ2n) is 13.8. The second-order valence-corrected chi connectivity index (χ2v) is 13.8. The van der Waals surface area contributed by atoms with Crippen LogP contribution in [0.2, 0.25) is 0 Å². The number of aromatic nitrogens is 1. The third-order valence-electron chi connectivity index (χ3n) is 10.7. The number of benzene rings is 9. The summed E-state index contributed by atoms with van der Waals surface area (Å²) in [6.07, 6.45) is 0. The molecule has 53 heavy (non-hydrogen) atoms. The van der Waals surface area contributed by atoms with E-state index in [9.17, 15) is 0 Å². The molecule has 0 radical (unpaired) electrons. The summed E-state index contributed by atoms with van der Waals surface area (Å²) in [5.41, 5.74) is 10.9. The Labute approximate surface area is 306 Å². The van der Waals surface area contributed by atoms with E-state index in [1.54, 1.807) is 0 Å². The molecule has 11 rings (SSSR count). The van der Waals surface area contributed by atoms with Crippen LogP contribution < -0.4 is 4.90 Å². The van der Waals surface area contributed by atoms with Crippen molar-refractivity contribution in [3.05, 3.63) is 194 Å². The molecule has 0 unspecified atom stereocenters. The molecule has 0 atom stereocenters. The average Bonchev–Trinajstić information content (AvgIpc) is 3.77. The number of fused-ring (bicyclic) bond motifs is 9. The minimum atomic E-state index is 0.881. The zero-order valence-electron chi connectivity index (χ0n) is 28.8. The van der Waals surface area contributed by atoms with Crippen molar-refractivity contribution in [2.45, 2.75) is 0 Å². The molecule has 0 saturated carbocycles. The Morgan fingerprint density at radius 2 is 0.981 bits per heavy atom. The van der Waals surface area contributed by atoms with Crippen molar-refractivity contribution in [2.75, 3.05) is 4.90 Å². The second kappa shape index (κ2) is 11.7. The van der Waals surface area contributed by atoms with E-state index in [2.05, 4.69) is 204 Å². The van der Waals surface area contributed by atoms with Crippen molar-refractivity contribution in [1.82, 2.24) is 4.57 Å². The summed E-state index contributed by atoms with van der Waals surface area (Å²) in [5, 5.41) is 9.50. The van der Waals surface area contributed by atoms with Crippen LogP contribution >= 0.6 is 0 Å². The molecule has 0 spiro atoms. The molecule has 0 bridgehead atoms. The molecule has 0 saturated heterocycles. The fourth-order valence-corrected chi connectivity index (χ4v) is 8.26. The highest BCUT2D eigenvalue weighted by molar-refractivity contribution is 6.19. The minimum absolute atomic E-state index is 0.881. The fourth-order valence-electron chi connectivity index (χ4n) is 8.26. The van der Waals surface area contributed by atoms with Gasteiger partial charge in [0.25, 0.3) is 0 Å². The van der Waals surface area contributed by atoms with Crippen molar-refractivity contribution < 1.29 is 4.42 Å². The van der Waals surface area contributed by atoms with Gasteiger partial charge in [0, 0.05) is 44.3 Å². The summed E-state index contributed by atoms with van der Waals surface area (Å²) in [6.45, 7) is 0. The van der Waals surface area contributed by atoms with Crippen LogP contribution in [0.4, 0.5) is 17.1 Å². The molecule has 0 N–H and O–H groups in total. The van der Waals surface area contributed by atoms with E-state index < -0.39 is 0 Å². The number of para-hydroxylation sites is 2. The molecule has 11 aromatic rings. The molecule has 2 heterocycles. The van der Waals surface area contributed by atoms with Crippen molar-refractivity contribution >= 4 is 82.4 Å². The zero-order valence-corrected chi connectivity index (χ0v) is 28.8. The van der Waals surface area contributed by atoms with E-state index >= 15 is 0 Å². The Morgan fingerprint density at radius 1 is 0.358 bits per heavy atom. The summed E-state index contributed by atoms with van der Waals surface area (Å²) in [6, 6.07) is 69.8. The molecule has 0 aliphatic heterocycles. The number of rotatable bonds is 5. The summed E-state index contributed by atoms with van der Waals surface area (Å²) < 4.78 is 8.83. The Hall–Kier alpha value is -7.10. The largest absolute Gasteiger partial charge is 0.456 e. The lowest BCUT2D eigenvalue weighted by atomic mass is 10.0. The first-order valence-corrected chi connectivity index (χ1v) is 18.1. The van der Waals surface area contributed by atoms with E-state index in [1.165, 1.54) is 49.0 Å². The van der Waals surface area contributed by atoms with Crippen molar-refractivity contribution in [1.29, 1.82) is 0 Å². The number of hydrogen-bond donors (Lipinski definition) is 0. The first kappa shape index (κ1) is 29.6. The minimum Gasteiger partial charge on any atom is -0.456 e. The topological polar surface area (TPSA) is 21.3 Å². The summed E-state index contributed by atoms with van der Waals surface area (Å²) in [4.78, 5) is 2.39. The van der Waals surface area contributed by atoms with Gasteiger partial charge in [-0.2, -0.15) is 0 Å². The predicted molar refractivity (Wildman–Crippen MR) is 223 cm³/mol. The van der Waals surface area contributed by atoms with Crippen LogP contribution in [0.1, 0.15) is 0 Å². The van der Waals surface area contributed by atoms with Crippen LogP contribution in [-0.4, -0.2) is 4.57 Å². The molecular formula is C50H32N2O. The summed E-state index contributed by atoms with van der Waals surface area (Å²) in [7, 11) is 0. The van der Waals surface area contributed by atoms with Gasteiger partial charge in [0.15, 0.2) is 0 Å². The lowest BCUT2D eigenvalue weighted by Gasteiger charge is -2.26. The van der Waals surface area contributed by atoms with Crippen molar-refractivity contribution in [3.8, 4) is 16.8 Å². The summed E-state index contributed by atoms with van der Waals surface area (Å²) in [5.74, 6) is 0. The molecule has 2 aromatic heterocycles. The zero-order chi connectivity index (χ0) is 34.9. The Balaban J connectivity index is 1.16. The van der Waals surface area contributed by atoms with Gasteiger partial charge in [0.05, 0.1) is 11.0 Å². The Bertz CT molecular complexity index is 3170. The lowest BCUT2D eigenvalue weighted by Crippen LogP contribution is -2.10. The number of furan rings is 1. The normalized spacial score (nSPS) is 11.8. The van der Waals surface area contributed by atoms with Crippen LogP contribution in [0.15, 0.2) is 199 Å². The highest BCUT2D eigenvalue weighted by Crippen LogP contribution is 2.43. The van der Waals surface area contributed by atoms with Gasteiger partial charge >= 0.3 is 0 Å². The molecule has 0 aliphatic carbocycles. The van der Waals surface area contributed by atoms with Gasteiger partial charge in [-0.15, -0.1) is 0 Å². The highest BCUT2D eigenvalue weighted by Gasteiger charge is 2.20. The molecule has 0 amide bonds. The average molecular weight is 677 g/mol. The highest BCUT2D eigenvalue weighted by atomic mass is 16.3. The molecule has 0 fully saturated rings. The monoisotopic (exact) mass is 676 g/mol. The van der Waals surface area contributed by atoms with Gasteiger partial charge in [-0.25, -0.2) is 0 Å². The van der Waals surface area contributed by atoms with Gasteiger partial charge in [-0.3, -0.25) is 0 Å². The van der Waals surface area contributed by atoms with Gasteiger partial charge < -0.3 is 13.9 Å². The number of nitrogens with zero attached hydrogens (tertiary/aromatic N) is 2. The van der Waals surface area contributed by atoms with Crippen LogP contribution in [0, 0.1) is 0 Å². The van der Waals surface area contributed by atoms with Crippen LogP contribution in [0.5, 0.6) is 0 Å². The molecule has 248 valence electrons. The first-order chi connectivity index (χ1) is 26.3. The quantitative estimate of drug-likeness (QED) is 0.181. The summed E-state index contributed by atoms with van der Waals surface area (Å²) >= 11 is 0. The maximum Gasteiger partial charge on any atom is 0.136 e. The predicted octanol–water partition coefficient (Wildman–Crippen LogP) is 14.1. The fraction of sp³-hybridized carbons (Fsp3) is 0. The third kappa shape index (κ3) is 4.75. The number of hydrogen-bond acceptors (Lipinski definition) is 2. The Kier molecular flexibility index (Phi) is 6.55.